The van der Waals surface area contributed by atoms with Crippen LogP contribution in [0, 0.1) is 5.82 Å². The van der Waals surface area contributed by atoms with Gasteiger partial charge in [-0.3, -0.25) is 4.79 Å². The largest absolute Gasteiger partial charge is 0.493 e. The summed E-state index contributed by atoms with van der Waals surface area (Å²) in [7, 11) is 1.53. The van der Waals surface area contributed by atoms with Crippen molar-refractivity contribution in [3.05, 3.63) is 59.4 Å². The fourth-order valence-corrected chi connectivity index (χ4v) is 3.04. The fourth-order valence-electron chi connectivity index (χ4n) is 2.57. The van der Waals surface area contributed by atoms with E-state index in [1.165, 1.54) is 13.2 Å². The van der Waals surface area contributed by atoms with E-state index in [1.54, 1.807) is 36.0 Å². The van der Waals surface area contributed by atoms with Gasteiger partial charge >= 0.3 is 5.97 Å². The molecule has 2 aromatic carbocycles. The van der Waals surface area contributed by atoms with Crippen LogP contribution >= 0.6 is 11.8 Å². The molecule has 0 aliphatic heterocycles. The van der Waals surface area contributed by atoms with Gasteiger partial charge in [-0.25, -0.2) is 4.39 Å². The van der Waals surface area contributed by atoms with Crippen LogP contribution < -0.4 is 14.8 Å². The monoisotopic (exact) mass is 393 g/mol. The van der Waals surface area contributed by atoms with Gasteiger partial charge in [0.2, 0.25) is 0 Å². The molecular weight excluding hydrogens is 369 g/mol. The number of hydrogen-bond donors (Lipinski definition) is 2. The van der Waals surface area contributed by atoms with E-state index in [1.807, 2.05) is 18.4 Å². The first-order valence-electron chi connectivity index (χ1n) is 8.54. The fraction of sp³-hybridized carbons (Fsp3) is 0.350. The Kier molecular flexibility index (Phi) is 8.42. The summed E-state index contributed by atoms with van der Waals surface area (Å²) in [4.78, 5) is 11.4. The zero-order valence-corrected chi connectivity index (χ0v) is 16.2. The number of thioether (sulfide) groups is 1. The number of nitrogens with one attached hydrogen (secondary N) is 1. The first kappa shape index (κ1) is 21.1. The van der Waals surface area contributed by atoms with Crippen LogP contribution in [0.4, 0.5) is 4.39 Å². The van der Waals surface area contributed by atoms with E-state index in [4.69, 9.17) is 9.47 Å². The van der Waals surface area contributed by atoms with Gasteiger partial charge < -0.3 is 19.9 Å². The molecule has 146 valence electrons. The molecule has 0 saturated carbocycles. The van der Waals surface area contributed by atoms with E-state index < -0.39 is 12.0 Å². The number of carboxylic acids is 1. The van der Waals surface area contributed by atoms with Gasteiger partial charge in [-0.1, -0.05) is 30.3 Å². The molecule has 1 unspecified atom stereocenters. The lowest BCUT2D eigenvalue weighted by Crippen LogP contribution is -2.36. The maximum absolute atomic E-state index is 13.8. The van der Waals surface area contributed by atoms with Crippen molar-refractivity contribution >= 4 is 17.7 Å². The highest BCUT2D eigenvalue weighted by molar-refractivity contribution is 7.98. The van der Waals surface area contributed by atoms with E-state index in [2.05, 4.69) is 5.32 Å². The number of hydrogen-bond acceptors (Lipinski definition) is 5. The van der Waals surface area contributed by atoms with E-state index >= 15 is 0 Å². The van der Waals surface area contributed by atoms with Gasteiger partial charge in [-0.15, -0.1) is 0 Å². The predicted octanol–water partition coefficient (Wildman–Crippen LogP) is 3.71. The summed E-state index contributed by atoms with van der Waals surface area (Å²) in [5.74, 6) is 0.515. The Morgan fingerprint density at radius 3 is 2.63 bits per heavy atom. The molecule has 0 amide bonds. The Bertz CT molecular complexity index is 757. The van der Waals surface area contributed by atoms with Crippen LogP contribution in [0.25, 0.3) is 0 Å². The minimum Gasteiger partial charge on any atom is -0.493 e. The smallest absolute Gasteiger partial charge is 0.320 e. The minimum atomic E-state index is -0.888. The average Bonchev–Trinajstić information content (AvgIpc) is 2.67. The second-order valence-corrected chi connectivity index (χ2v) is 6.87. The van der Waals surface area contributed by atoms with E-state index in [0.29, 0.717) is 30.0 Å². The molecule has 0 aromatic heterocycles. The molecule has 0 spiro atoms. The highest BCUT2D eigenvalue weighted by Gasteiger charge is 2.18. The molecule has 2 N–H and O–H groups in total. The molecule has 5 nitrogen and oxygen atoms in total. The summed E-state index contributed by atoms with van der Waals surface area (Å²) in [6, 6.07) is 11.2. The van der Waals surface area contributed by atoms with Gasteiger partial charge in [0.25, 0.3) is 0 Å². The molecule has 27 heavy (non-hydrogen) atoms. The zero-order valence-electron chi connectivity index (χ0n) is 15.4. The number of halogens is 1. The maximum Gasteiger partial charge on any atom is 0.320 e. The second kappa shape index (κ2) is 10.8. The Morgan fingerprint density at radius 1 is 1.22 bits per heavy atom. The van der Waals surface area contributed by atoms with Crippen molar-refractivity contribution in [2.75, 3.05) is 19.1 Å². The Labute approximate surface area is 162 Å². The number of para-hydroxylation sites is 1. The standard InChI is InChI=1S/C20H24FNO4S/c1-25-18-9-5-7-14(12-22-17(20(23)24)10-11-27-2)19(18)26-13-15-6-3-4-8-16(15)21/h3-9,17,22H,10-13H2,1-2H3,(H,23,24). The quantitative estimate of drug-likeness (QED) is 0.607. The molecular formula is C20H24FNO4S. The van der Waals surface area contributed by atoms with E-state index in [0.717, 1.165) is 11.3 Å². The summed E-state index contributed by atoms with van der Waals surface area (Å²) < 4.78 is 25.0. The minimum absolute atomic E-state index is 0.0505. The summed E-state index contributed by atoms with van der Waals surface area (Å²) in [5, 5.41) is 12.4. The van der Waals surface area contributed by atoms with Crippen molar-refractivity contribution in [3.63, 3.8) is 0 Å². The van der Waals surface area contributed by atoms with Gasteiger partial charge in [0.05, 0.1) is 7.11 Å². The van der Waals surface area contributed by atoms with Crippen molar-refractivity contribution in [2.45, 2.75) is 25.6 Å². The number of aliphatic carboxylic acids is 1. The molecule has 0 saturated heterocycles. The second-order valence-electron chi connectivity index (χ2n) is 5.88. The third kappa shape index (κ3) is 6.15. The van der Waals surface area contributed by atoms with Gasteiger partial charge in [0, 0.05) is 17.7 Å². The molecule has 0 heterocycles. The lowest BCUT2D eigenvalue weighted by atomic mass is 10.1. The van der Waals surface area contributed by atoms with Gasteiger partial charge in [-0.05, 0) is 30.6 Å². The third-order valence-corrected chi connectivity index (χ3v) is 4.70. The zero-order chi connectivity index (χ0) is 19.6. The van der Waals surface area contributed by atoms with Crippen LogP contribution in [-0.2, 0) is 17.9 Å². The Balaban J connectivity index is 2.14. The van der Waals surface area contributed by atoms with E-state index in [9.17, 15) is 14.3 Å². The van der Waals surface area contributed by atoms with Crippen LogP contribution in [0.3, 0.4) is 0 Å². The SMILES string of the molecule is COc1cccc(CNC(CCSC)C(=O)O)c1OCc1ccccc1F. The van der Waals surface area contributed by atoms with Crippen molar-refractivity contribution in [1.29, 1.82) is 0 Å². The molecule has 0 bridgehead atoms. The molecule has 0 fully saturated rings. The van der Waals surface area contributed by atoms with Crippen molar-refractivity contribution < 1.29 is 23.8 Å². The summed E-state index contributed by atoms with van der Waals surface area (Å²) >= 11 is 1.60. The highest BCUT2D eigenvalue weighted by atomic mass is 32.2. The van der Waals surface area contributed by atoms with Gasteiger partial charge in [-0.2, -0.15) is 11.8 Å². The van der Waals surface area contributed by atoms with E-state index in [-0.39, 0.29) is 12.4 Å². The van der Waals surface area contributed by atoms with Crippen molar-refractivity contribution in [2.24, 2.45) is 0 Å². The van der Waals surface area contributed by atoms with Gasteiger partial charge in [0.15, 0.2) is 11.5 Å². The number of carbonyl (C=O) groups is 1. The maximum atomic E-state index is 13.8. The lowest BCUT2D eigenvalue weighted by Gasteiger charge is -2.18. The number of benzene rings is 2. The normalized spacial score (nSPS) is 11.8. The number of rotatable bonds is 11. The summed E-state index contributed by atoms with van der Waals surface area (Å²) in [6.45, 7) is 0.351. The Morgan fingerprint density at radius 2 is 1.96 bits per heavy atom. The van der Waals surface area contributed by atoms with Crippen LogP contribution in [-0.4, -0.2) is 36.2 Å². The number of carboxylic acid groups (broad SMARTS) is 1. The summed E-state index contributed by atoms with van der Waals surface area (Å²) in [5.41, 5.74) is 1.19. The molecule has 2 rings (SSSR count). The van der Waals surface area contributed by atoms with Gasteiger partial charge in [0.1, 0.15) is 18.5 Å². The topological polar surface area (TPSA) is 67.8 Å². The van der Waals surface area contributed by atoms with Crippen LogP contribution in [0.15, 0.2) is 42.5 Å². The molecule has 7 heteroatoms. The van der Waals surface area contributed by atoms with Crippen LogP contribution in [0.5, 0.6) is 11.5 Å². The number of ether oxygens (including phenoxy) is 2. The lowest BCUT2D eigenvalue weighted by molar-refractivity contribution is -0.139. The first-order chi connectivity index (χ1) is 13.1. The van der Waals surface area contributed by atoms with Crippen LogP contribution in [0.1, 0.15) is 17.5 Å². The molecule has 2 aromatic rings. The molecule has 1 atom stereocenters. The summed E-state index contributed by atoms with van der Waals surface area (Å²) in [6.07, 6.45) is 2.46. The van der Waals surface area contributed by atoms with Crippen molar-refractivity contribution in [3.8, 4) is 11.5 Å². The molecule has 0 aliphatic rings. The molecule has 0 radical (unpaired) electrons. The van der Waals surface area contributed by atoms with Crippen molar-refractivity contribution in [1.82, 2.24) is 5.32 Å². The highest BCUT2D eigenvalue weighted by Crippen LogP contribution is 2.32. The number of methoxy groups -OCH3 is 1. The Hall–Kier alpha value is -2.25. The first-order valence-corrected chi connectivity index (χ1v) is 9.93. The third-order valence-electron chi connectivity index (χ3n) is 4.06. The molecule has 0 aliphatic carbocycles. The predicted molar refractivity (Wildman–Crippen MR) is 105 cm³/mol. The van der Waals surface area contributed by atoms with Crippen LogP contribution in [0.2, 0.25) is 0 Å². The average molecular weight is 393 g/mol.